The molecule has 0 aliphatic carbocycles. The van der Waals surface area contributed by atoms with E-state index >= 15 is 0 Å². The van der Waals surface area contributed by atoms with Crippen molar-refractivity contribution in [1.82, 2.24) is 4.98 Å². The summed E-state index contributed by atoms with van der Waals surface area (Å²) in [6.07, 6.45) is 0.325. The zero-order valence-corrected chi connectivity index (χ0v) is 7.56. The van der Waals surface area contributed by atoms with E-state index in [1.165, 1.54) is 19.2 Å². The predicted octanol–water partition coefficient (Wildman–Crippen LogP) is 0.530. The highest BCUT2D eigenvalue weighted by Crippen LogP contribution is 2.13. The van der Waals surface area contributed by atoms with E-state index in [0.29, 0.717) is 17.7 Å². The Kier molecular flexibility index (Phi) is 3.17. The van der Waals surface area contributed by atoms with E-state index < -0.39 is 5.97 Å². The Morgan fingerprint density at radius 2 is 2.36 bits per heavy atom. The van der Waals surface area contributed by atoms with Crippen LogP contribution >= 0.6 is 0 Å². The maximum Gasteiger partial charge on any atom is 0.309 e. The molecule has 0 spiro atoms. The lowest BCUT2D eigenvalue weighted by Crippen LogP contribution is -2.04. The van der Waals surface area contributed by atoms with Crippen molar-refractivity contribution in [3.63, 3.8) is 0 Å². The van der Waals surface area contributed by atoms with Crippen LogP contribution < -0.4 is 4.74 Å². The molecule has 0 unspecified atom stereocenters. The fraction of sp³-hybridized carbons (Fsp3) is 0.222. The Morgan fingerprint density at radius 1 is 1.64 bits per heavy atom. The number of hydrogen-bond donors (Lipinski definition) is 1. The number of carboxylic acid groups (broad SMARTS) is 1. The van der Waals surface area contributed by atoms with Gasteiger partial charge in [-0.15, -0.1) is 0 Å². The van der Waals surface area contributed by atoms with Gasteiger partial charge in [-0.1, -0.05) is 0 Å². The van der Waals surface area contributed by atoms with Crippen molar-refractivity contribution in [1.29, 1.82) is 0 Å². The lowest BCUT2D eigenvalue weighted by molar-refractivity contribution is -0.136. The molecule has 0 bridgehead atoms. The minimum Gasteiger partial charge on any atom is -0.497 e. The quantitative estimate of drug-likeness (QED) is 0.709. The molecule has 1 rings (SSSR count). The number of rotatable bonds is 4. The first-order valence-corrected chi connectivity index (χ1v) is 3.87. The first-order valence-electron chi connectivity index (χ1n) is 3.87. The van der Waals surface area contributed by atoms with E-state index in [4.69, 9.17) is 9.84 Å². The smallest absolute Gasteiger partial charge is 0.309 e. The maximum atomic E-state index is 10.4. The van der Waals surface area contributed by atoms with Crippen molar-refractivity contribution in [3.8, 4) is 5.75 Å². The van der Waals surface area contributed by atoms with E-state index in [1.807, 2.05) is 0 Å². The van der Waals surface area contributed by atoms with Crippen LogP contribution in [0.15, 0.2) is 12.1 Å². The number of ether oxygens (including phenoxy) is 1. The summed E-state index contributed by atoms with van der Waals surface area (Å²) in [4.78, 5) is 24.7. The van der Waals surface area contributed by atoms with E-state index in [-0.39, 0.29) is 12.1 Å². The summed E-state index contributed by atoms with van der Waals surface area (Å²) in [5.74, 6) is -0.569. The maximum absolute atomic E-state index is 10.4. The fourth-order valence-electron chi connectivity index (χ4n) is 1.01. The van der Waals surface area contributed by atoms with Crippen molar-refractivity contribution in [3.05, 3.63) is 23.5 Å². The minimum atomic E-state index is -0.998. The van der Waals surface area contributed by atoms with Gasteiger partial charge in [0.2, 0.25) is 0 Å². The van der Waals surface area contributed by atoms with Crippen LogP contribution in [-0.4, -0.2) is 29.5 Å². The Labute approximate surface area is 80.3 Å². The van der Waals surface area contributed by atoms with E-state index in [9.17, 15) is 9.59 Å². The van der Waals surface area contributed by atoms with Gasteiger partial charge >= 0.3 is 5.97 Å². The minimum absolute atomic E-state index is 0.167. The number of carbonyl (C=O) groups excluding carboxylic acids is 1. The number of aromatic nitrogens is 1. The van der Waals surface area contributed by atoms with Gasteiger partial charge in [0.05, 0.1) is 19.2 Å². The molecule has 0 amide bonds. The molecular weight excluding hydrogens is 186 g/mol. The third kappa shape index (κ3) is 2.55. The highest BCUT2D eigenvalue weighted by Gasteiger charge is 2.06. The third-order valence-corrected chi connectivity index (χ3v) is 1.56. The van der Waals surface area contributed by atoms with Crippen LogP contribution in [0.2, 0.25) is 0 Å². The SMILES string of the molecule is COc1cc(C=O)nc(CC(=O)O)c1. The molecule has 1 N–H and O–H groups in total. The number of aliphatic carboxylic acids is 1. The van der Waals surface area contributed by atoms with Gasteiger partial charge in [-0.2, -0.15) is 0 Å². The van der Waals surface area contributed by atoms with Crippen LogP contribution in [0.25, 0.3) is 0 Å². The van der Waals surface area contributed by atoms with Crippen molar-refractivity contribution < 1.29 is 19.4 Å². The zero-order chi connectivity index (χ0) is 10.6. The number of hydrogen-bond acceptors (Lipinski definition) is 4. The van der Waals surface area contributed by atoms with E-state index in [0.717, 1.165) is 0 Å². The average Bonchev–Trinajstić information content (AvgIpc) is 2.16. The molecule has 0 aliphatic heterocycles. The summed E-state index contributed by atoms with van der Waals surface area (Å²) in [5.41, 5.74) is 0.472. The Bertz CT molecular complexity index is 362. The molecule has 0 aliphatic rings. The Hall–Kier alpha value is -1.91. The lowest BCUT2D eigenvalue weighted by atomic mass is 10.2. The van der Waals surface area contributed by atoms with Gasteiger partial charge in [0, 0.05) is 12.1 Å². The largest absolute Gasteiger partial charge is 0.497 e. The summed E-state index contributed by atoms with van der Waals surface area (Å²) in [6.45, 7) is 0. The molecule has 5 nitrogen and oxygen atoms in total. The van der Waals surface area contributed by atoms with Gasteiger partial charge in [-0.3, -0.25) is 9.59 Å². The van der Waals surface area contributed by atoms with Gasteiger partial charge in [-0.05, 0) is 0 Å². The summed E-state index contributed by atoms with van der Waals surface area (Å²) >= 11 is 0. The van der Waals surface area contributed by atoms with Crippen LogP contribution in [0.5, 0.6) is 5.75 Å². The first-order chi connectivity index (χ1) is 6.65. The average molecular weight is 195 g/mol. The normalized spacial score (nSPS) is 9.50. The van der Waals surface area contributed by atoms with Crippen molar-refractivity contribution in [2.75, 3.05) is 7.11 Å². The zero-order valence-electron chi connectivity index (χ0n) is 7.56. The molecular formula is C9H9NO4. The molecule has 5 heteroatoms. The molecule has 1 aromatic rings. The van der Waals surface area contributed by atoms with E-state index in [1.54, 1.807) is 0 Å². The van der Waals surface area contributed by atoms with Crippen LogP contribution in [0.4, 0.5) is 0 Å². The lowest BCUT2D eigenvalue weighted by Gasteiger charge is -2.02. The second-order valence-corrected chi connectivity index (χ2v) is 2.61. The van der Waals surface area contributed by atoms with Gasteiger partial charge in [-0.25, -0.2) is 4.98 Å². The van der Waals surface area contributed by atoms with Crippen LogP contribution in [-0.2, 0) is 11.2 Å². The summed E-state index contributed by atoms with van der Waals surface area (Å²) < 4.78 is 4.89. The molecule has 1 heterocycles. The topological polar surface area (TPSA) is 76.5 Å². The molecule has 74 valence electrons. The number of aldehydes is 1. The third-order valence-electron chi connectivity index (χ3n) is 1.56. The monoisotopic (exact) mass is 195 g/mol. The van der Waals surface area contributed by atoms with E-state index in [2.05, 4.69) is 4.98 Å². The van der Waals surface area contributed by atoms with Gasteiger partial charge in [0.1, 0.15) is 11.4 Å². The molecule has 0 fully saturated rings. The van der Waals surface area contributed by atoms with Crippen LogP contribution in [0.3, 0.4) is 0 Å². The standard InChI is InChI=1S/C9H9NO4/c1-14-8-2-6(4-9(12)13)10-7(3-8)5-11/h2-3,5H,4H2,1H3,(H,12,13). The highest BCUT2D eigenvalue weighted by atomic mass is 16.5. The molecule has 0 radical (unpaired) electrons. The van der Waals surface area contributed by atoms with Crippen LogP contribution in [0.1, 0.15) is 16.2 Å². The first kappa shape index (κ1) is 10.2. The number of methoxy groups -OCH3 is 1. The fourth-order valence-corrected chi connectivity index (χ4v) is 1.01. The predicted molar refractivity (Wildman–Crippen MR) is 47.5 cm³/mol. The van der Waals surface area contributed by atoms with Crippen molar-refractivity contribution in [2.24, 2.45) is 0 Å². The molecule has 1 aromatic heterocycles. The molecule has 0 saturated carbocycles. The van der Waals surface area contributed by atoms with Gasteiger partial charge in [0.25, 0.3) is 0 Å². The number of carboxylic acids is 1. The second-order valence-electron chi connectivity index (χ2n) is 2.61. The molecule has 0 aromatic carbocycles. The van der Waals surface area contributed by atoms with Gasteiger partial charge < -0.3 is 9.84 Å². The number of carbonyl (C=O) groups is 2. The summed E-state index contributed by atoms with van der Waals surface area (Å²) in [6, 6.07) is 2.93. The molecule has 0 atom stereocenters. The summed E-state index contributed by atoms with van der Waals surface area (Å²) in [7, 11) is 1.44. The van der Waals surface area contributed by atoms with Crippen molar-refractivity contribution in [2.45, 2.75) is 6.42 Å². The van der Waals surface area contributed by atoms with Crippen molar-refractivity contribution >= 4 is 12.3 Å². The molecule has 14 heavy (non-hydrogen) atoms. The number of pyridine rings is 1. The highest BCUT2D eigenvalue weighted by molar-refractivity contribution is 5.74. The Morgan fingerprint density at radius 3 is 2.86 bits per heavy atom. The summed E-state index contributed by atoms with van der Waals surface area (Å²) in [5, 5.41) is 8.52. The van der Waals surface area contributed by atoms with Gasteiger partial charge in [0.15, 0.2) is 6.29 Å². The molecule has 0 saturated heterocycles. The Balaban J connectivity index is 3.03. The second kappa shape index (κ2) is 4.36. The van der Waals surface area contributed by atoms with Crippen LogP contribution in [0, 0.1) is 0 Å². The number of nitrogens with zero attached hydrogens (tertiary/aromatic N) is 1.